The van der Waals surface area contributed by atoms with Crippen LogP contribution in [0.4, 0.5) is 0 Å². The second-order valence-corrected chi connectivity index (χ2v) is 5.81. The van der Waals surface area contributed by atoms with E-state index in [9.17, 15) is 0 Å². The Morgan fingerprint density at radius 1 is 1.50 bits per heavy atom. The quantitative estimate of drug-likeness (QED) is 0.869. The molecular weight excluding hydrogens is 220 g/mol. The van der Waals surface area contributed by atoms with Crippen LogP contribution in [-0.4, -0.2) is 11.0 Å². The molecule has 1 aromatic heterocycles. The molecule has 0 bridgehead atoms. The molecule has 0 atom stereocenters. The van der Waals surface area contributed by atoms with Crippen molar-refractivity contribution in [2.75, 3.05) is 0 Å². The molecule has 0 unspecified atom stereocenters. The standard InChI is InChI=1S/C13H17ClN2/c1-13(4-5-13)12-9(6-10(14)8-16-12)7-15-11-2-3-11/h6,8,11,15H,2-5,7H2,1H3. The van der Waals surface area contributed by atoms with E-state index >= 15 is 0 Å². The van der Waals surface area contributed by atoms with E-state index in [-0.39, 0.29) is 0 Å². The van der Waals surface area contributed by atoms with Gasteiger partial charge in [-0.1, -0.05) is 18.5 Å². The first-order chi connectivity index (χ1) is 7.67. The highest BCUT2D eigenvalue weighted by Crippen LogP contribution is 2.48. The molecule has 3 rings (SSSR count). The van der Waals surface area contributed by atoms with Crippen LogP contribution in [0.5, 0.6) is 0 Å². The van der Waals surface area contributed by atoms with E-state index in [1.165, 1.54) is 36.9 Å². The Morgan fingerprint density at radius 2 is 2.25 bits per heavy atom. The van der Waals surface area contributed by atoms with Gasteiger partial charge < -0.3 is 5.32 Å². The molecule has 86 valence electrons. The summed E-state index contributed by atoms with van der Waals surface area (Å²) in [6.07, 6.45) is 6.94. The summed E-state index contributed by atoms with van der Waals surface area (Å²) in [7, 11) is 0. The zero-order valence-corrected chi connectivity index (χ0v) is 10.3. The number of nitrogens with one attached hydrogen (secondary N) is 1. The molecule has 2 fully saturated rings. The first kappa shape index (κ1) is 10.5. The van der Waals surface area contributed by atoms with Gasteiger partial charge in [-0.2, -0.15) is 0 Å². The number of rotatable bonds is 4. The van der Waals surface area contributed by atoms with Gasteiger partial charge in [-0.25, -0.2) is 0 Å². The molecule has 0 aliphatic heterocycles. The minimum atomic E-state index is 0.325. The Kier molecular flexibility index (Phi) is 2.45. The maximum atomic E-state index is 6.03. The van der Waals surface area contributed by atoms with Gasteiger partial charge in [0.1, 0.15) is 0 Å². The average molecular weight is 237 g/mol. The molecule has 2 aliphatic rings. The van der Waals surface area contributed by atoms with Gasteiger partial charge in [0, 0.05) is 24.2 Å². The van der Waals surface area contributed by atoms with Gasteiger partial charge >= 0.3 is 0 Å². The summed E-state index contributed by atoms with van der Waals surface area (Å²) < 4.78 is 0. The highest BCUT2D eigenvalue weighted by Gasteiger charge is 2.42. The van der Waals surface area contributed by atoms with Gasteiger partial charge in [-0.3, -0.25) is 4.98 Å². The number of hydrogen-bond acceptors (Lipinski definition) is 2. The third kappa shape index (κ3) is 2.09. The maximum Gasteiger partial charge on any atom is 0.0592 e. The van der Waals surface area contributed by atoms with Crippen molar-refractivity contribution in [3.63, 3.8) is 0 Å². The van der Waals surface area contributed by atoms with Crippen molar-refractivity contribution in [2.45, 2.75) is 50.6 Å². The minimum Gasteiger partial charge on any atom is -0.310 e. The minimum absolute atomic E-state index is 0.325. The van der Waals surface area contributed by atoms with Crippen LogP contribution < -0.4 is 5.32 Å². The molecule has 2 aliphatic carbocycles. The molecule has 0 aromatic carbocycles. The Labute approximate surface area is 101 Å². The predicted octanol–water partition coefficient (Wildman–Crippen LogP) is 3.04. The fraction of sp³-hybridized carbons (Fsp3) is 0.615. The van der Waals surface area contributed by atoms with E-state index in [1.54, 1.807) is 6.20 Å². The topological polar surface area (TPSA) is 24.9 Å². The summed E-state index contributed by atoms with van der Waals surface area (Å²) in [5.41, 5.74) is 2.87. The van der Waals surface area contributed by atoms with E-state index in [0.717, 1.165) is 17.6 Å². The van der Waals surface area contributed by atoms with E-state index in [1.807, 2.05) is 0 Å². The average Bonchev–Trinajstić information content (AvgIpc) is 3.12. The van der Waals surface area contributed by atoms with Crippen molar-refractivity contribution in [3.05, 3.63) is 28.5 Å². The van der Waals surface area contributed by atoms with Crippen molar-refractivity contribution in [2.24, 2.45) is 0 Å². The van der Waals surface area contributed by atoms with Crippen LogP contribution in [-0.2, 0) is 12.0 Å². The molecule has 3 heteroatoms. The van der Waals surface area contributed by atoms with E-state index < -0.39 is 0 Å². The zero-order valence-electron chi connectivity index (χ0n) is 9.59. The number of pyridine rings is 1. The van der Waals surface area contributed by atoms with Crippen molar-refractivity contribution in [3.8, 4) is 0 Å². The lowest BCUT2D eigenvalue weighted by Crippen LogP contribution is -2.19. The smallest absolute Gasteiger partial charge is 0.0592 e. The molecule has 2 saturated carbocycles. The lowest BCUT2D eigenvalue weighted by atomic mass is 9.99. The van der Waals surface area contributed by atoms with Crippen molar-refractivity contribution in [1.29, 1.82) is 0 Å². The summed E-state index contributed by atoms with van der Waals surface area (Å²) in [5.74, 6) is 0. The van der Waals surface area contributed by atoms with Crippen LogP contribution in [0.1, 0.15) is 43.9 Å². The summed E-state index contributed by atoms with van der Waals surface area (Å²) in [4.78, 5) is 4.54. The molecule has 1 N–H and O–H groups in total. The second-order valence-electron chi connectivity index (χ2n) is 5.38. The lowest BCUT2D eigenvalue weighted by molar-refractivity contribution is 0.656. The molecule has 0 spiro atoms. The van der Waals surface area contributed by atoms with Gasteiger partial charge in [-0.05, 0) is 37.3 Å². The number of halogens is 1. The summed E-state index contributed by atoms with van der Waals surface area (Å²) in [5, 5.41) is 4.29. The van der Waals surface area contributed by atoms with Crippen LogP contribution in [0.2, 0.25) is 5.02 Å². The van der Waals surface area contributed by atoms with Gasteiger partial charge in [0.05, 0.1) is 10.7 Å². The van der Waals surface area contributed by atoms with Gasteiger partial charge in [0.2, 0.25) is 0 Å². The summed E-state index contributed by atoms with van der Waals surface area (Å²) in [6.45, 7) is 3.22. The normalized spacial score (nSPS) is 22.1. The second kappa shape index (κ2) is 3.71. The van der Waals surface area contributed by atoms with Gasteiger partial charge in [0.25, 0.3) is 0 Å². The SMILES string of the molecule is CC1(c2ncc(Cl)cc2CNC2CC2)CC1. The largest absolute Gasteiger partial charge is 0.310 e. The predicted molar refractivity (Wildman–Crippen MR) is 65.7 cm³/mol. The fourth-order valence-electron chi connectivity index (χ4n) is 2.13. The number of aromatic nitrogens is 1. The molecule has 16 heavy (non-hydrogen) atoms. The molecule has 1 aromatic rings. The third-order valence-electron chi connectivity index (χ3n) is 3.66. The Morgan fingerprint density at radius 3 is 2.88 bits per heavy atom. The highest BCUT2D eigenvalue weighted by atomic mass is 35.5. The third-order valence-corrected chi connectivity index (χ3v) is 3.87. The summed E-state index contributed by atoms with van der Waals surface area (Å²) >= 11 is 6.03. The van der Waals surface area contributed by atoms with Crippen molar-refractivity contribution < 1.29 is 0 Å². The Bertz CT molecular complexity index is 408. The van der Waals surface area contributed by atoms with Crippen LogP contribution in [0, 0.1) is 0 Å². The van der Waals surface area contributed by atoms with E-state index in [0.29, 0.717) is 5.41 Å². The fourth-order valence-corrected chi connectivity index (χ4v) is 2.31. The Balaban J connectivity index is 1.83. The van der Waals surface area contributed by atoms with E-state index in [4.69, 9.17) is 11.6 Å². The van der Waals surface area contributed by atoms with Crippen LogP contribution in [0.25, 0.3) is 0 Å². The maximum absolute atomic E-state index is 6.03. The number of nitrogens with zero attached hydrogens (tertiary/aromatic N) is 1. The first-order valence-electron chi connectivity index (χ1n) is 6.06. The van der Waals surface area contributed by atoms with Crippen molar-refractivity contribution in [1.82, 2.24) is 10.3 Å². The first-order valence-corrected chi connectivity index (χ1v) is 6.43. The molecule has 1 heterocycles. The monoisotopic (exact) mass is 236 g/mol. The molecule has 0 radical (unpaired) electrons. The van der Waals surface area contributed by atoms with Crippen LogP contribution in [0.15, 0.2) is 12.3 Å². The Hall–Kier alpha value is -0.600. The molecular formula is C13H17ClN2. The lowest BCUT2D eigenvalue weighted by Gasteiger charge is -2.14. The highest BCUT2D eigenvalue weighted by molar-refractivity contribution is 6.30. The van der Waals surface area contributed by atoms with Gasteiger partial charge in [0.15, 0.2) is 0 Å². The van der Waals surface area contributed by atoms with Crippen molar-refractivity contribution >= 4 is 11.6 Å². The summed E-state index contributed by atoms with van der Waals surface area (Å²) in [6, 6.07) is 2.81. The zero-order chi connectivity index (χ0) is 11.2. The van der Waals surface area contributed by atoms with Crippen LogP contribution >= 0.6 is 11.6 Å². The van der Waals surface area contributed by atoms with Gasteiger partial charge in [-0.15, -0.1) is 0 Å². The molecule has 0 amide bonds. The molecule has 2 nitrogen and oxygen atoms in total. The van der Waals surface area contributed by atoms with Crippen LogP contribution in [0.3, 0.4) is 0 Å². The molecule has 0 saturated heterocycles. The number of hydrogen-bond donors (Lipinski definition) is 1. The van der Waals surface area contributed by atoms with E-state index in [2.05, 4.69) is 23.3 Å².